The number of carbonyl (C=O) groups is 1. The van der Waals surface area contributed by atoms with Crippen LogP contribution in [-0.2, 0) is 19.3 Å². The van der Waals surface area contributed by atoms with Gasteiger partial charge in [-0.3, -0.25) is 29.6 Å². The second-order valence-corrected chi connectivity index (χ2v) is 10.8. The van der Waals surface area contributed by atoms with Gasteiger partial charge in [-0.15, -0.1) is 0 Å². The number of nitrogens with zero attached hydrogens (tertiary/aromatic N) is 4. The summed E-state index contributed by atoms with van der Waals surface area (Å²) in [7, 11) is 0. The number of piperazine rings is 1. The number of aromatic amines is 1. The Morgan fingerprint density at radius 3 is 2.07 bits per heavy atom. The molecule has 1 amide bonds. The van der Waals surface area contributed by atoms with E-state index in [1.165, 1.54) is 28.5 Å². The number of rotatable bonds is 7. The molecular weight excluding hydrogens is 573 g/mol. The molecule has 226 valence electrons. The minimum atomic E-state index is -4.77. The summed E-state index contributed by atoms with van der Waals surface area (Å²) >= 11 is 0. The molecule has 9 nitrogen and oxygen atoms in total. The third-order valence-electron chi connectivity index (χ3n) is 7.71. The number of nitrogens with one attached hydrogen (secondary N) is 2. The molecule has 44 heavy (non-hydrogen) atoms. The highest BCUT2D eigenvalue weighted by Gasteiger charge is 2.35. The number of amides is 1. The Bertz CT molecular complexity index is 1910. The van der Waals surface area contributed by atoms with Crippen molar-refractivity contribution < 1.29 is 18.0 Å². The number of alkyl halides is 3. The maximum Gasteiger partial charge on any atom is 0.418 e. The molecule has 5 aromatic rings. The first kappa shape index (κ1) is 29.1. The topological polar surface area (TPSA) is 95.4 Å². The first-order valence-corrected chi connectivity index (χ1v) is 14.1. The molecule has 0 unspecified atom stereocenters. The van der Waals surface area contributed by atoms with Crippen LogP contribution in [0.1, 0.15) is 27.0 Å². The van der Waals surface area contributed by atoms with Crippen molar-refractivity contribution in [3.8, 4) is 5.69 Å². The zero-order valence-electron chi connectivity index (χ0n) is 23.6. The zero-order chi connectivity index (χ0) is 30.8. The molecule has 0 aliphatic carbocycles. The molecule has 1 aliphatic rings. The van der Waals surface area contributed by atoms with E-state index < -0.39 is 28.8 Å². The van der Waals surface area contributed by atoms with E-state index >= 15 is 0 Å². The normalized spacial score (nSPS) is 14.6. The number of carbonyl (C=O) groups excluding carboxylic acids is 1. The van der Waals surface area contributed by atoms with E-state index in [2.05, 4.69) is 32.3 Å². The summed E-state index contributed by atoms with van der Waals surface area (Å²) in [5, 5.41) is 0. The summed E-state index contributed by atoms with van der Waals surface area (Å²) in [4.78, 5) is 44.8. The lowest BCUT2D eigenvalue weighted by Gasteiger charge is -2.34. The van der Waals surface area contributed by atoms with Crippen LogP contribution in [0.5, 0.6) is 0 Å². The second-order valence-electron chi connectivity index (χ2n) is 10.8. The Morgan fingerprint density at radius 1 is 0.818 bits per heavy atom. The summed E-state index contributed by atoms with van der Waals surface area (Å²) < 4.78 is 44.9. The van der Waals surface area contributed by atoms with Crippen molar-refractivity contribution in [2.45, 2.75) is 19.3 Å². The molecule has 2 N–H and O–H groups in total. The molecule has 2 aromatic heterocycles. The van der Waals surface area contributed by atoms with Crippen LogP contribution in [0.4, 0.5) is 13.2 Å². The summed E-state index contributed by atoms with van der Waals surface area (Å²) in [6, 6.07) is 21.9. The zero-order valence-corrected chi connectivity index (χ0v) is 23.6. The quantitative estimate of drug-likeness (QED) is 0.273. The molecule has 0 atom stereocenters. The van der Waals surface area contributed by atoms with Gasteiger partial charge in [-0.05, 0) is 41.5 Å². The van der Waals surface area contributed by atoms with E-state index in [-0.39, 0.29) is 22.3 Å². The average molecular weight is 603 g/mol. The third kappa shape index (κ3) is 6.21. The van der Waals surface area contributed by atoms with Crippen LogP contribution >= 0.6 is 0 Å². The van der Waals surface area contributed by atoms with Crippen molar-refractivity contribution in [3.05, 3.63) is 134 Å². The van der Waals surface area contributed by atoms with Crippen LogP contribution in [0.3, 0.4) is 0 Å². The molecule has 1 fully saturated rings. The van der Waals surface area contributed by atoms with Gasteiger partial charge in [-0.2, -0.15) is 13.2 Å². The van der Waals surface area contributed by atoms with E-state index in [0.717, 1.165) is 50.4 Å². The molecule has 1 saturated heterocycles. The number of hydrogen-bond acceptors (Lipinski definition) is 5. The first-order chi connectivity index (χ1) is 21.2. The van der Waals surface area contributed by atoms with Crippen molar-refractivity contribution in [3.63, 3.8) is 0 Å². The van der Waals surface area contributed by atoms with Crippen molar-refractivity contribution in [2.24, 2.45) is 0 Å². The number of fused-ring (bicyclic) bond motifs is 1. The van der Waals surface area contributed by atoms with Crippen LogP contribution in [-0.4, -0.2) is 56.1 Å². The number of H-pyrrole nitrogens is 1. The van der Waals surface area contributed by atoms with Gasteiger partial charge >= 0.3 is 17.3 Å². The average Bonchev–Trinajstić information content (AvgIpc) is 3.48. The lowest BCUT2D eigenvalue weighted by Crippen LogP contribution is -2.45. The minimum Gasteiger partial charge on any atom is -0.323 e. The maximum atomic E-state index is 14.3. The highest BCUT2D eigenvalue weighted by Crippen LogP contribution is 2.36. The van der Waals surface area contributed by atoms with Gasteiger partial charge in [0.05, 0.1) is 22.3 Å². The number of hydrogen-bond donors (Lipinski definition) is 2. The summed E-state index contributed by atoms with van der Waals surface area (Å²) in [6.45, 7) is 4.83. The molecule has 0 bridgehead atoms. The molecule has 0 saturated carbocycles. The largest absolute Gasteiger partial charge is 0.418 e. The second kappa shape index (κ2) is 12.0. The van der Waals surface area contributed by atoms with Crippen LogP contribution in [0.15, 0.2) is 101 Å². The lowest BCUT2D eigenvalue weighted by atomic mass is 10.1. The van der Waals surface area contributed by atoms with Crippen molar-refractivity contribution in [1.82, 2.24) is 24.0 Å². The van der Waals surface area contributed by atoms with Gasteiger partial charge in [0.15, 0.2) is 0 Å². The van der Waals surface area contributed by atoms with Gasteiger partial charge in [0.2, 0.25) is 0 Å². The van der Waals surface area contributed by atoms with Gasteiger partial charge in [0, 0.05) is 57.2 Å². The summed E-state index contributed by atoms with van der Waals surface area (Å²) in [6.07, 6.45) is -1.61. The Balaban J connectivity index is 1.28. The number of benzene rings is 3. The molecule has 1 aliphatic heterocycles. The van der Waals surface area contributed by atoms with E-state index in [1.807, 2.05) is 18.2 Å². The highest BCUT2D eigenvalue weighted by molar-refractivity contribution is 6.00. The predicted molar refractivity (Wildman–Crippen MR) is 160 cm³/mol. The molecular formula is C32H29F3N6O3. The Labute approximate surface area is 249 Å². The van der Waals surface area contributed by atoms with E-state index in [1.54, 1.807) is 30.5 Å². The number of halogens is 3. The van der Waals surface area contributed by atoms with Gasteiger partial charge in [-0.25, -0.2) is 4.68 Å². The molecule has 3 aromatic carbocycles. The SMILES string of the molecule is O=C(Nn1c(=O)c(=O)[nH]c2cc(C(F)(F)F)c(-n3ccc(CN4CCN(Cc5ccccc5)CC4)c3)cc21)c1ccccc1. The van der Waals surface area contributed by atoms with Gasteiger partial charge < -0.3 is 9.55 Å². The van der Waals surface area contributed by atoms with Crippen molar-refractivity contribution in [2.75, 3.05) is 31.6 Å². The fourth-order valence-corrected chi connectivity index (χ4v) is 5.45. The molecule has 3 heterocycles. The van der Waals surface area contributed by atoms with Gasteiger partial charge in [0.25, 0.3) is 5.91 Å². The van der Waals surface area contributed by atoms with Crippen LogP contribution in [0, 0.1) is 0 Å². The summed E-state index contributed by atoms with van der Waals surface area (Å²) in [5.41, 5.74) is 0.756. The van der Waals surface area contributed by atoms with Crippen molar-refractivity contribution >= 4 is 16.9 Å². The fourth-order valence-electron chi connectivity index (χ4n) is 5.45. The maximum absolute atomic E-state index is 14.3. The molecule has 12 heteroatoms. The van der Waals surface area contributed by atoms with E-state index in [4.69, 9.17) is 0 Å². The predicted octanol–water partition coefficient (Wildman–Crippen LogP) is 4.20. The Hall–Kier alpha value is -4.94. The monoisotopic (exact) mass is 602 g/mol. The fraction of sp³-hybridized carbons (Fsp3) is 0.219. The molecule has 0 spiro atoms. The molecule has 0 radical (unpaired) electrons. The smallest absolute Gasteiger partial charge is 0.323 e. The highest BCUT2D eigenvalue weighted by atomic mass is 19.4. The van der Waals surface area contributed by atoms with Crippen LogP contribution < -0.4 is 16.5 Å². The third-order valence-corrected chi connectivity index (χ3v) is 7.71. The Morgan fingerprint density at radius 2 is 1.43 bits per heavy atom. The minimum absolute atomic E-state index is 0.0910. The van der Waals surface area contributed by atoms with E-state index in [9.17, 15) is 27.6 Å². The first-order valence-electron chi connectivity index (χ1n) is 14.1. The van der Waals surface area contributed by atoms with Crippen molar-refractivity contribution in [1.29, 1.82) is 0 Å². The lowest BCUT2D eigenvalue weighted by molar-refractivity contribution is -0.137. The van der Waals surface area contributed by atoms with Gasteiger partial charge in [-0.1, -0.05) is 48.5 Å². The number of aromatic nitrogens is 3. The standard InChI is InChI=1S/C32H29F3N6O3/c33-32(34,35)25-17-26-28(41(31(44)30(43)36-26)37-29(42)24-9-5-2-6-10-24)18-27(25)40-12-11-23(21-40)20-39-15-13-38(14-16-39)19-22-7-3-1-4-8-22/h1-12,17-18,21H,13-16,19-20H2,(H,36,43)(H,37,42). The van der Waals surface area contributed by atoms with Crippen LogP contribution in [0.2, 0.25) is 0 Å². The van der Waals surface area contributed by atoms with Crippen LogP contribution in [0.25, 0.3) is 16.7 Å². The van der Waals surface area contributed by atoms with E-state index in [0.29, 0.717) is 11.2 Å². The summed E-state index contributed by atoms with van der Waals surface area (Å²) in [5.74, 6) is -0.701. The molecule has 6 rings (SSSR count). The van der Waals surface area contributed by atoms with Gasteiger partial charge in [0.1, 0.15) is 0 Å². The Kier molecular flexibility index (Phi) is 7.93.